The molecule has 0 radical (unpaired) electrons. The molecule has 0 atom stereocenters. The van der Waals surface area contributed by atoms with Crippen LogP contribution in [0.5, 0.6) is 0 Å². The number of anilines is 1. The summed E-state index contributed by atoms with van der Waals surface area (Å²) in [7, 11) is 0. The predicted molar refractivity (Wildman–Crippen MR) is 91.9 cm³/mol. The van der Waals surface area contributed by atoms with Crippen LogP contribution >= 0.6 is 27.3 Å². The Labute approximate surface area is 135 Å². The molecular weight excluding hydrogens is 346 g/mol. The van der Waals surface area contributed by atoms with E-state index in [4.69, 9.17) is 0 Å². The summed E-state index contributed by atoms with van der Waals surface area (Å²) in [6.45, 7) is 0. The van der Waals surface area contributed by atoms with Crippen molar-refractivity contribution in [2.24, 2.45) is 0 Å². The minimum absolute atomic E-state index is 0.111. The van der Waals surface area contributed by atoms with Crippen molar-refractivity contribution >= 4 is 38.9 Å². The summed E-state index contributed by atoms with van der Waals surface area (Å²) in [4.78, 5) is 13.5. The Bertz CT molecular complexity index is 768. The lowest BCUT2D eigenvalue weighted by Gasteiger charge is -2.10. The molecule has 21 heavy (non-hydrogen) atoms. The minimum Gasteiger partial charge on any atom is -0.321 e. The van der Waals surface area contributed by atoms with Crippen LogP contribution in [-0.4, -0.2) is 5.91 Å². The SMILES string of the molecule is O=C(Nc1ccccc1-c1cccs1)c1cccc(Br)c1. The molecule has 0 spiro atoms. The van der Waals surface area contributed by atoms with Crippen LogP contribution in [0, 0.1) is 0 Å². The normalized spacial score (nSPS) is 10.3. The van der Waals surface area contributed by atoms with Crippen LogP contribution in [0.25, 0.3) is 10.4 Å². The molecule has 0 bridgehead atoms. The van der Waals surface area contributed by atoms with Crippen LogP contribution in [-0.2, 0) is 0 Å². The first-order valence-corrected chi connectivity index (χ1v) is 8.11. The lowest BCUT2D eigenvalue weighted by atomic mass is 10.1. The van der Waals surface area contributed by atoms with Gasteiger partial charge in [-0.2, -0.15) is 0 Å². The second-order valence-corrected chi connectivity index (χ2v) is 6.35. The average molecular weight is 358 g/mol. The zero-order chi connectivity index (χ0) is 14.7. The number of hydrogen-bond donors (Lipinski definition) is 1. The molecule has 3 rings (SSSR count). The maximum atomic E-state index is 12.4. The molecule has 0 aliphatic rings. The molecule has 0 saturated carbocycles. The Balaban J connectivity index is 1.90. The molecule has 104 valence electrons. The van der Waals surface area contributed by atoms with Crippen LogP contribution in [0.15, 0.2) is 70.5 Å². The third kappa shape index (κ3) is 3.23. The summed E-state index contributed by atoms with van der Waals surface area (Å²) in [5, 5.41) is 5.02. The molecule has 2 nitrogen and oxygen atoms in total. The summed E-state index contributed by atoms with van der Waals surface area (Å²) in [6, 6.07) is 19.3. The van der Waals surface area contributed by atoms with Gasteiger partial charge in [-0.3, -0.25) is 4.79 Å². The Kier molecular flexibility index (Phi) is 4.18. The van der Waals surface area contributed by atoms with Crippen molar-refractivity contribution in [3.63, 3.8) is 0 Å². The Hall–Kier alpha value is -1.91. The van der Waals surface area contributed by atoms with Gasteiger partial charge in [0.25, 0.3) is 5.91 Å². The van der Waals surface area contributed by atoms with E-state index in [0.29, 0.717) is 5.56 Å². The average Bonchev–Trinajstić information content (AvgIpc) is 3.02. The Morgan fingerprint density at radius 3 is 2.62 bits per heavy atom. The van der Waals surface area contributed by atoms with Crippen molar-refractivity contribution in [2.75, 3.05) is 5.32 Å². The molecule has 1 heterocycles. The van der Waals surface area contributed by atoms with Gasteiger partial charge in [-0.25, -0.2) is 0 Å². The largest absolute Gasteiger partial charge is 0.321 e. The van der Waals surface area contributed by atoms with Crippen molar-refractivity contribution in [3.05, 3.63) is 76.1 Å². The summed E-state index contributed by atoms with van der Waals surface area (Å²) >= 11 is 5.04. The zero-order valence-electron chi connectivity index (χ0n) is 11.0. The maximum absolute atomic E-state index is 12.4. The number of carbonyl (C=O) groups excluding carboxylic acids is 1. The number of nitrogens with one attached hydrogen (secondary N) is 1. The van der Waals surface area contributed by atoms with E-state index >= 15 is 0 Å². The van der Waals surface area contributed by atoms with E-state index in [1.165, 1.54) is 0 Å². The first-order chi connectivity index (χ1) is 10.2. The van der Waals surface area contributed by atoms with Gasteiger partial charge in [0.2, 0.25) is 0 Å². The molecule has 4 heteroatoms. The molecule has 0 aliphatic heterocycles. The standard InChI is InChI=1S/C17H12BrNOS/c18-13-6-3-5-12(11-13)17(20)19-15-8-2-1-7-14(15)16-9-4-10-21-16/h1-11H,(H,19,20). The number of hydrogen-bond acceptors (Lipinski definition) is 2. The summed E-state index contributed by atoms with van der Waals surface area (Å²) in [5.74, 6) is -0.111. The van der Waals surface area contributed by atoms with E-state index in [2.05, 4.69) is 27.3 Å². The Morgan fingerprint density at radius 2 is 1.86 bits per heavy atom. The van der Waals surface area contributed by atoms with Gasteiger partial charge in [-0.1, -0.05) is 46.3 Å². The van der Waals surface area contributed by atoms with Crippen LogP contribution < -0.4 is 5.32 Å². The molecule has 1 aromatic heterocycles. The number of carbonyl (C=O) groups is 1. The number of halogens is 1. The molecule has 0 saturated heterocycles. The van der Waals surface area contributed by atoms with Crippen molar-refractivity contribution in [1.29, 1.82) is 0 Å². The number of para-hydroxylation sites is 1. The zero-order valence-corrected chi connectivity index (χ0v) is 13.4. The van der Waals surface area contributed by atoms with E-state index in [0.717, 1.165) is 20.6 Å². The number of rotatable bonds is 3. The van der Waals surface area contributed by atoms with E-state index < -0.39 is 0 Å². The van der Waals surface area contributed by atoms with Crippen molar-refractivity contribution in [2.45, 2.75) is 0 Å². The fraction of sp³-hybridized carbons (Fsp3) is 0. The third-order valence-corrected chi connectivity index (χ3v) is 4.45. The lowest BCUT2D eigenvalue weighted by molar-refractivity contribution is 0.102. The molecule has 0 unspecified atom stereocenters. The minimum atomic E-state index is -0.111. The monoisotopic (exact) mass is 357 g/mol. The van der Waals surface area contributed by atoms with Gasteiger partial charge < -0.3 is 5.32 Å². The highest BCUT2D eigenvalue weighted by Gasteiger charge is 2.10. The first kappa shape index (κ1) is 14.0. The van der Waals surface area contributed by atoms with Crippen molar-refractivity contribution in [3.8, 4) is 10.4 Å². The highest BCUT2D eigenvalue weighted by Crippen LogP contribution is 2.31. The smallest absolute Gasteiger partial charge is 0.255 e. The molecule has 2 aromatic carbocycles. The lowest BCUT2D eigenvalue weighted by Crippen LogP contribution is -2.12. The highest BCUT2D eigenvalue weighted by molar-refractivity contribution is 9.10. The quantitative estimate of drug-likeness (QED) is 0.665. The summed E-state index contributed by atoms with van der Waals surface area (Å²) in [6.07, 6.45) is 0. The van der Waals surface area contributed by atoms with Crippen LogP contribution in [0.1, 0.15) is 10.4 Å². The van der Waals surface area contributed by atoms with Crippen LogP contribution in [0.3, 0.4) is 0 Å². The van der Waals surface area contributed by atoms with Gasteiger partial charge in [0.1, 0.15) is 0 Å². The van der Waals surface area contributed by atoms with E-state index in [1.807, 2.05) is 53.9 Å². The van der Waals surface area contributed by atoms with Crippen LogP contribution in [0.2, 0.25) is 0 Å². The van der Waals surface area contributed by atoms with Gasteiger partial charge >= 0.3 is 0 Å². The van der Waals surface area contributed by atoms with Gasteiger partial charge in [0.15, 0.2) is 0 Å². The second-order valence-electron chi connectivity index (χ2n) is 4.49. The van der Waals surface area contributed by atoms with Crippen molar-refractivity contribution < 1.29 is 4.79 Å². The number of amides is 1. The second kappa shape index (κ2) is 6.24. The number of benzene rings is 2. The van der Waals surface area contributed by atoms with Gasteiger partial charge in [0.05, 0.1) is 0 Å². The molecule has 0 fully saturated rings. The molecule has 0 aliphatic carbocycles. The molecular formula is C17H12BrNOS. The fourth-order valence-electron chi connectivity index (χ4n) is 2.06. The van der Waals surface area contributed by atoms with Crippen LogP contribution in [0.4, 0.5) is 5.69 Å². The summed E-state index contributed by atoms with van der Waals surface area (Å²) in [5.41, 5.74) is 2.49. The topological polar surface area (TPSA) is 29.1 Å². The van der Waals surface area contributed by atoms with E-state index in [1.54, 1.807) is 17.4 Å². The summed E-state index contributed by atoms with van der Waals surface area (Å²) < 4.78 is 0.890. The fourth-order valence-corrected chi connectivity index (χ4v) is 3.23. The van der Waals surface area contributed by atoms with Gasteiger partial charge in [0, 0.05) is 26.2 Å². The van der Waals surface area contributed by atoms with Crippen molar-refractivity contribution in [1.82, 2.24) is 0 Å². The van der Waals surface area contributed by atoms with Gasteiger partial charge in [-0.15, -0.1) is 11.3 Å². The number of thiophene rings is 1. The highest BCUT2D eigenvalue weighted by atomic mass is 79.9. The Morgan fingerprint density at radius 1 is 1.00 bits per heavy atom. The third-order valence-electron chi connectivity index (χ3n) is 3.05. The maximum Gasteiger partial charge on any atom is 0.255 e. The molecule has 1 amide bonds. The van der Waals surface area contributed by atoms with Gasteiger partial charge in [-0.05, 0) is 35.7 Å². The molecule has 1 N–H and O–H groups in total. The van der Waals surface area contributed by atoms with E-state index in [9.17, 15) is 4.79 Å². The van der Waals surface area contributed by atoms with E-state index in [-0.39, 0.29) is 5.91 Å². The predicted octanol–water partition coefficient (Wildman–Crippen LogP) is 5.43. The first-order valence-electron chi connectivity index (χ1n) is 6.44. The molecule has 3 aromatic rings.